The summed E-state index contributed by atoms with van der Waals surface area (Å²) < 4.78 is 0. The van der Waals surface area contributed by atoms with Crippen LogP contribution in [0.1, 0.15) is 61.1 Å². The van der Waals surface area contributed by atoms with Gasteiger partial charge in [-0.2, -0.15) is 0 Å². The molecule has 1 aromatic rings. The Morgan fingerprint density at radius 1 is 1.04 bits per heavy atom. The second-order valence-electron chi connectivity index (χ2n) is 8.07. The van der Waals surface area contributed by atoms with E-state index in [0.29, 0.717) is 17.4 Å². The highest BCUT2D eigenvalue weighted by atomic mass is 15.0. The van der Waals surface area contributed by atoms with Gasteiger partial charge >= 0.3 is 0 Å². The molecule has 2 atom stereocenters. The molecule has 0 amide bonds. The molecule has 1 fully saturated rings. The van der Waals surface area contributed by atoms with E-state index in [1.165, 1.54) is 49.8 Å². The molecule has 1 aromatic carbocycles. The normalized spacial score (nSPS) is 30.3. The first-order chi connectivity index (χ1) is 11.9. The third kappa shape index (κ3) is 1.51. The summed E-state index contributed by atoms with van der Waals surface area (Å²) in [7, 11) is 0. The first kappa shape index (κ1) is 13.3. The van der Waals surface area contributed by atoms with E-state index >= 15 is 0 Å². The fraction of sp³-hybridized carbons (Fsp3) is 0.391. The number of rotatable bonds is 0. The van der Waals surface area contributed by atoms with Crippen LogP contribution >= 0.6 is 0 Å². The number of hydrogen-bond acceptors (Lipinski definition) is 1. The summed E-state index contributed by atoms with van der Waals surface area (Å²) in [5, 5.41) is 3.78. The van der Waals surface area contributed by atoms with Crippen LogP contribution in [-0.4, -0.2) is 6.04 Å². The maximum absolute atomic E-state index is 3.78. The number of benzene rings is 1. The molecule has 1 N–H and O–H groups in total. The van der Waals surface area contributed by atoms with Gasteiger partial charge in [0.1, 0.15) is 0 Å². The molecule has 24 heavy (non-hydrogen) atoms. The Bertz CT molecular complexity index is 858. The Kier molecular flexibility index (Phi) is 2.51. The molecular weight excluding hydrogens is 290 g/mol. The summed E-state index contributed by atoms with van der Waals surface area (Å²) >= 11 is 0. The van der Waals surface area contributed by atoms with E-state index in [4.69, 9.17) is 0 Å². The molecule has 1 heteroatoms. The van der Waals surface area contributed by atoms with Crippen LogP contribution in [-0.2, 0) is 5.41 Å². The van der Waals surface area contributed by atoms with Crippen molar-refractivity contribution in [2.75, 3.05) is 5.32 Å². The molecule has 1 unspecified atom stereocenters. The fourth-order valence-electron chi connectivity index (χ4n) is 5.94. The van der Waals surface area contributed by atoms with Crippen LogP contribution < -0.4 is 5.32 Å². The lowest BCUT2D eigenvalue weighted by Gasteiger charge is -2.29. The molecule has 6 rings (SSSR count). The zero-order valence-electron chi connectivity index (χ0n) is 14.0. The van der Waals surface area contributed by atoms with E-state index in [1.54, 1.807) is 22.3 Å². The van der Waals surface area contributed by atoms with Crippen LogP contribution in [0.2, 0.25) is 0 Å². The number of allylic oxidation sites excluding steroid dienone is 6. The molecular formula is C23H23N. The van der Waals surface area contributed by atoms with Gasteiger partial charge in [-0.3, -0.25) is 0 Å². The maximum atomic E-state index is 3.78. The molecule has 1 aliphatic heterocycles. The van der Waals surface area contributed by atoms with E-state index in [2.05, 4.69) is 53.9 Å². The second-order valence-corrected chi connectivity index (χ2v) is 8.07. The third-order valence-corrected chi connectivity index (χ3v) is 6.99. The molecule has 120 valence electrons. The van der Waals surface area contributed by atoms with Gasteiger partial charge in [-0.05, 0) is 65.7 Å². The smallest absolute Gasteiger partial charge is 0.0551 e. The van der Waals surface area contributed by atoms with Crippen molar-refractivity contribution >= 4 is 11.3 Å². The van der Waals surface area contributed by atoms with Crippen LogP contribution in [0, 0.1) is 0 Å². The summed E-state index contributed by atoms with van der Waals surface area (Å²) in [5.41, 5.74) is 9.77. The van der Waals surface area contributed by atoms with E-state index in [9.17, 15) is 0 Å². The lowest BCUT2D eigenvalue weighted by molar-refractivity contribution is 0.543. The predicted octanol–water partition coefficient (Wildman–Crippen LogP) is 5.62. The average Bonchev–Trinajstić information content (AvgIpc) is 3.31. The van der Waals surface area contributed by atoms with Crippen molar-refractivity contribution in [2.24, 2.45) is 0 Å². The third-order valence-electron chi connectivity index (χ3n) is 6.99. The van der Waals surface area contributed by atoms with Gasteiger partial charge in [0, 0.05) is 17.0 Å². The van der Waals surface area contributed by atoms with Crippen molar-refractivity contribution < 1.29 is 0 Å². The van der Waals surface area contributed by atoms with Gasteiger partial charge in [0.25, 0.3) is 0 Å². The largest absolute Gasteiger partial charge is 0.378 e. The number of nitrogens with one attached hydrogen (secondary N) is 1. The monoisotopic (exact) mass is 313 g/mol. The Morgan fingerprint density at radius 3 is 2.83 bits per heavy atom. The summed E-state index contributed by atoms with van der Waals surface area (Å²) in [6.45, 7) is 0. The van der Waals surface area contributed by atoms with E-state index in [0.717, 1.165) is 0 Å². The minimum absolute atomic E-state index is 0.331. The molecule has 1 nitrogen and oxygen atoms in total. The lowest BCUT2D eigenvalue weighted by atomic mass is 9.74. The van der Waals surface area contributed by atoms with Gasteiger partial charge < -0.3 is 5.32 Å². The maximum Gasteiger partial charge on any atom is 0.0551 e. The molecule has 0 saturated heterocycles. The van der Waals surface area contributed by atoms with Gasteiger partial charge in [-0.1, -0.05) is 49.3 Å². The van der Waals surface area contributed by atoms with E-state index in [-0.39, 0.29) is 0 Å². The Labute approximate surface area is 143 Å². The first-order valence-corrected chi connectivity index (χ1v) is 9.57. The lowest BCUT2D eigenvalue weighted by Crippen LogP contribution is -2.22. The van der Waals surface area contributed by atoms with Crippen LogP contribution in [0.15, 0.2) is 54.2 Å². The number of hydrogen-bond donors (Lipinski definition) is 1. The zero-order chi connectivity index (χ0) is 15.7. The van der Waals surface area contributed by atoms with Gasteiger partial charge in [-0.25, -0.2) is 0 Å². The molecule has 0 aromatic heterocycles. The van der Waals surface area contributed by atoms with E-state index in [1.807, 2.05) is 0 Å². The highest BCUT2D eigenvalue weighted by molar-refractivity contribution is 5.86. The minimum atomic E-state index is 0.331. The number of anilines is 1. The molecule has 1 spiro atoms. The summed E-state index contributed by atoms with van der Waals surface area (Å²) in [4.78, 5) is 0. The highest BCUT2D eigenvalue weighted by Crippen LogP contribution is 2.59. The van der Waals surface area contributed by atoms with E-state index < -0.39 is 0 Å². The first-order valence-electron chi connectivity index (χ1n) is 9.57. The Morgan fingerprint density at radius 2 is 1.92 bits per heavy atom. The minimum Gasteiger partial charge on any atom is -0.378 e. The second kappa shape index (κ2) is 4.53. The summed E-state index contributed by atoms with van der Waals surface area (Å²) in [5.74, 6) is 0.513. The molecule has 1 heterocycles. The van der Waals surface area contributed by atoms with Gasteiger partial charge in [0.05, 0.1) is 6.04 Å². The zero-order valence-corrected chi connectivity index (χ0v) is 14.0. The van der Waals surface area contributed by atoms with Crippen LogP contribution in [0.5, 0.6) is 0 Å². The Hall–Kier alpha value is -2.02. The number of fused-ring (bicyclic) bond motifs is 7. The van der Waals surface area contributed by atoms with Crippen molar-refractivity contribution in [3.63, 3.8) is 0 Å². The van der Waals surface area contributed by atoms with Crippen molar-refractivity contribution in [1.82, 2.24) is 0 Å². The summed E-state index contributed by atoms with van der Waals surface area (Å²) in [6.07, 6.45) is 21.8. The molecule has 1 saturated carbocycles. The standard InChI is InChI=1S/C23H23N/c1-3-9-19-15(7-1)17-13-18-16-8-2-4-10-21(16)24-22(18)14-20(17)23(19)11-5-6-12-23/h2-4,8-10,13-14,16,21,24H,1,5-7,11-12H2/t16?,21-/m1/s1. The Balaban J connectivity index is 1.58. The van der Waals surface area contributed by atoms with Gasteiger partial charge in [-0.15, -0.1) is 0 Å². The van der Waals surface area contributed by atoms with Gasteiger partial charge in [0.15, 0.2) is 0 Å². The topological polar surface area (TPSA) is 12.0 Å². The molecule has 0 radical (unpaired) electrons. The van der Waals surface area contributed by atoms with Crippen molar-refractivity contribution in [2.45, 2.75) is 55.9 Å². The molecule has 5 aliphatic rings. The van der Waals surface area contributed by atoms with Crippen molar-refractivity contribution in [1.29, 1.82) is 0 Å². The van der Waals surface area contributed by atoms with Gasteiger partial charge in [0.2, 0.25) is 0 Å². The average molecular weight is 313 g/mol. The molecule has 0 bridgehead atoms. The highest BCUT2D eigenvalue weighted by Gasteiger charge is 2.47. The summed E-state index contributed by atoms with van der Waals surface area (Å²) in [6, 6.07) is 5.53. The predicted molar refractivity (Wildman–Crippen MR) is 100 cm³/mol. The van der Waals surface area contributed by atoms with Crippen LogP contribution in [0.3, 0.4) is 0 Å². The van der Waals surface area contributed by atoms with Crippen molar-refractivity contribution in [3.8, 4) is 0 Å². The fourth-order valence-corrected chi connectivity index (χ4v) is 5.94. The quantitative estimate of drug-likeness (QED) is 0.655. The molecule has 4 aliphatic carbocycles. The van der Waals surface area contributed by atoms with Crippen LogP contribution in [0.4, 0.5) is 5.69 Å². The SMILES string of the molecule is C1=CC2c3cc4c(cc3N[C@@H]2C=C1)C1(CCCC1)C1=C4CCC=C1. The van der Waals surface area contributed by atoms with Crippen LogP contribution in [0.25, 0.3) is 5.57 Å². The van der Waals surface area contributed by atoms with Crippen molar-refractivity contribution in [3.05, 3.63) is 70.9 Å².